The number of sulfonamides is 1. The third kappa shape index (κ3) is 8.56. The van der Waals surface area contributed by atoms with Crippen LogP contribution >= 0.6 is 0 Å². The van der Waals surface area contributed by atoms with Crippen molar-refractivity contribution in [3.05, 3.63) is 59.7 Å². The van der Waals surface area contributed by atoms with E-state index in [2.05, 4.69) is 22.2 Å². The van der Waals surface area contributed by atoms with Gasteiger partial charge in [0.15, 0.2) is 12.2 Å². The number of fused-ring (bicyclic) bond motifs is 2. The number of hydrogen-bond acceptors (Lipinski definition) is 9. The van der Waals surface area contributed by atoms with E-state index in [1.54, 1.807) is 12.3 Å². The number of H-pyrrole nitrogens is 1. The van der Waals surface area contributed by atoms with Crippen LogP contribution in [0.25, 0.3) is 10.9 Å². The predicted molar refractivity (Wildman–Crippen MR) is 183 cm³/mol. The molecule has 1 amide bonds. The molecule has 48 heavy (non-hydrogen) atoms. The Hall–Kier alpha value is -3.49. The fourth-order valence-electron chi connectivity index (χ4n) is 6.35. The van der Waals surface area contributed by atoms with Crippen molar-refractivity contribution in [3.8, 4) is 5.88 Å². The molecule has 0 saturated carbocycles. The molecule has 262 valence electrons. The first-order valence-corrected chi connectivity index (χ1v) is 18.2. The summed E-state index contributed by atoms with van der Waals surface area (Å²) in [6.45, 7) is 8.47. The van der Waals surface area contributed by atoms with Gasteiger partial charge in [-0.05, 0) is 55.9 Å². The lowest BCUT2D eigenvalue weighted by atomic mass is 10.0. The number of aromatic nitrogens is 1. The van der Waals surface area contributed by atoms with Crippen LogP contribution in [-0.4, -0.2) is 97.1 Å². The van der Waals surface area contributed by atoms with E-state index in [4.69, 9.17) is 14.2 Å². The van der Waals surface area contributed by atoms with Crippen molar-refractivity contribution in [2.75, 3.05) is 26.3 Å². The van der Waals surface area contributed by atoms with Crippen LogP contribution < -0.4 is 5.32 Å². The highest BCUT2D eigenvalue weighted by molar-refractivity contribution is 7.89. The lowest BCUT2D eigenvalue weighted by Gasteiger charge is -2.31. The lowest BCUT2D eigenvalue weighted by molar-refractivity contribution is -0.0907. The zero-order valence-electron chi connectivity index (χ0n) is 28.0. The second-order valence-electron chi connectivity index (χ2n) is 13.2. The van der Waals surface area contributed by atoms with Gasteiger partial charge in [0.05, 0.1) is 41.7 Å². The zero-order chi connectivity index (χ0) is 34.4. The summed E-state index contributed by atoms with van der Waals surface area (Å²) in [5.74, 6) is -0.210. The average Bonchev–Trinajstić information content (AvgIpc) is 3.75. The highest BCUT2D eigenvalue weighted by atomic mass is 32.2. The molecule has 0 aliphatic carbocycles. The first-order valence-electron chi connectivity index (χ1n) is 16.8. The fraction of sp³-hybridized carbons (Fsp3) is 0.543. The Bertz CT molecular complexity index is 1660. The minimum Gasteiger partial charge on any atom is -0.494 e. The Balaban J connectivity index is 1.38. The molecule has 1 unspecified atom stereocenters. The quantitative estimate of drug-likeness (QED) is 0.169. The van der Waals surface area contributed by atoms with Gasteiger partial charge in [-0.15, -0.1) is 0 Å². The summed E-state index contributed by atoms with van der Waals surface area (Å²) in [7, 11) is -4.13. The number of carbonyl (C=O) groups is 1. The summed E-state index contributed by atoms with van der Waals surface area (Å²) >= 11 is 0. The van der Waals surface area contributed by atoms with Crippen LogP contribution in [0.5, 0.6) is 5.88 Å². The second kappa shape index (κ2) is 15.8. The van der Waals surface area contributed by atoms with Gasteiger partial charge in [-0.2, -0.15) is 4.31 Å². The molecule has 3 heterocycles. The number of benzene rings is 2. The van der Waals surface area contributed by atoms with Crippen molar-refractivity contribution in [3.63, 3.8) is 0 Å². The van der Waals surface area contributed by atoms with Crippen molar-refractivity contribution in [2.24, 2.45) is 16.8 Å². The molecule has 3 aromatic rings. The molecular formula is C35H48N4O8S. The smallest absolute Gasteiger partial charge is 0.407 e. The van der Waals surface area contributed by atoms with E-state index in [0.29, 0.717) is 23.1 Å². The van der Waals surface area contributed by atoms with Crippen LogP contribution in [0.3, 0.4) is 0 Å². The monoisotopic (exact) mass is 684 g/mol. The molecule has 13 heteroatoms. The zero-order valence-corrected chi connectivity index (χ0v) is 28.9. The van der Waals surface area contributed by atoms with E-state index < -0.39 is 34.4 Å². The number of carbonyl (C=O) groups excluding carboxylic acids is 1. The van der Waals surface area contributed by atoms with E-state index >= 15 is 0 Å². The summed E-state index contributed by atoms with van der Waals surface area (Å²) in [6.07, 6.45) is 1.55. The van der Waals surface area contributed by atoms with Gasteiger partial charge < -0.3 is 34.7 Å². The summed E-state index contributed by atoms with van der Waals surface area (Å²) in [4.78, 5) is 20.6. The molecule has 2 aliphatic rings. The topological polar surface area (TPSA) is 163 Å². The number of amides is 1. The largest absolute Gasteiger partial charge is 0.494 e. The Morgan fingerprint density at radius 1 is 1.17 bits per heavy atom. The van der Waals surface area contributed by atoms with Gasteiger partial charge in [-0.25, -0.2) is 13.2 Å². The molecule has 4 N–H and O–H groups in total. The van der Waals surface area contributed by atoms with E-state index in [0.717, 1.165) is 24.8 Å². The average molecular weight is 685 g/mol. The first kappa shape index (κ1) is 35.8. The van der Waals surface area contributed by atoms with E-state index in [-0.39, 0.29) is 61.1 Å². The summed E-state index contributed by atoms with van der Waals surface area (Å²) < 4.78 is 46.6. The third-order valence-electron chi connectivity index (χ3n) is 8.86. The number of aliphatic hydroxyl groups excluding tert-OH is 1. The number of aliphatic imine (C=N–C) groups is 1. The maximum atomic E-state index is 14.2. The minimum absolute atomic E-state index is 0.0136. The number of aromatic amines is 1. The number of alkyl carbamates (subject to hydrolysis) is 1. The second-order valence-corrected chi connectivity index (χ2v) is 15.1. The molecule has 2 fully saturated rings. The standard InChI is InChI=1S/C35H48N4O8S/c1-5-9-23(4)36-18-28-27-17-25(12-13-29(27)37-33(28)41)48(43,44)39(19-22(2)3)20-31(40)30(16-24-10-7-6-8-11-24)38-35(42)47-32-21-46-34-26(32)14-15-45-34/h6-8,10-13,17-18,22-23,26,30-32,34,37,40-41H,5,9,14-16,19-21H2,1-4H3,(H,38,42)/t23?,26-,30-,31+,32-,34+/m0/s1. The summed E-state index contributed by atoms with van der Waals surface area (Å²) in [5, 5.41) is 25.6. The minimum atomic E-state index is -4.13. The van der Waals surface area contributed by atoms with Crippen molar-refractivity contribution in [1.82, 2.24) is 14.6 Å². The van der Waals surface area contributed by atoms with E-state index in [1.165, 1.54) is 16.4 Å². The molecule has 12 nitrogen and oxygen atoms in total. The van der Waals surface area contributed by atoms with Gasteiger partial charge in [0.25, 0.3) is 0 Å². The van der Waals surface area contributed by atoms with Gasteiger partial charge >= 0.3 is 6.09 Å². The van der Waals surface area contributed by atoms with Crippen molar-refractivity contribution in [2.45, 2.75) is 88.9 Å². The van der Waals surface area contributed by atoms with E-state index in [9.17, 15) is 23.4 Å². The van der Waals surface area contributed by atoms with Crippen LogP contribution in [-0.2, 0) is 30.7 Å². The molecule has 5 rings (SSSR count). The van der Waals surface area contributed by atoms with Crippen LogP contribution in [0.4, 0.5) is 4.79 Å². The lowest BCUT2D eigenvalue weighted by Crippen LogP contribution is -2.51. The molecular weight excluding hydrogens is 636 g/mol. The van der Waals surface area contributed by atoms with Crippen LogP contribution in [0, 0.1) is 11.8 Å². The maximum absolute atomic E-state index is 14.2. The molecule has 2 saturated heterocycles. The Morgan fingerprint density at radius 2 is 1.94 bits per heavy atom. The fourth-order valence-corrected chi connectivity index (χ4v) is 8.00. The Kier molecular flexibility index (Phi) is 11.8. The number of nitrogens with one attached hydrogen (secondary N) is 2. The molecule has 0 bridgehead atoms. The normalized spacial score (nSPS) is 21.6. The van der Waals surface area contributed by atoms with Gasteiger partial charge in [0.2, 0.25) is 10.0 Å². The number of aliphatic hydroxyl groups is 1. The summed E-state index contributed by atoms with van der Waals surface area (Å²) in [6, 6.07) is 13.2. The third-order valence-corrected chi connectivity index (χ3v) is 10.7. The van der Waals surface area contributed by atoms with Crippen LogP contribution in [0.2, 0.25) is 0 Å². The number of nitrogens with zero attached hydrogens (tertiary/aromatic N) is 2. The first-order chi connectivity index (χ1) is 23.0. The van der Waals surface area contributed by atoms with Crippen molar-refractivity contribution < 1.29 is 37.6 Å². The Labute approximate surface area is 282 Å². The molecule has 1 aromatic heterocycles. The van der Waals surface area contributed by atoms with Gasteiger partial charge in [-0.1, -0.05) is 57.5 Å². The number of rotatable bonds is 15. The summed E-state index contributed by atoms with van der Waals surface area (Å²) in [5.41, 5.74) is 1.84. The molecule has 0 radical (unpaired) electrons. The Morgan fingerprint density at radius 3 is 2.67 bits per heavy atom. The van der Waals surface area contributed by atoms with Crippen molar-refractivity contribution >= 4 is 33.2 Å². The predicted octanol–water partition coefficient (Wildman–Crippen LogP) is 4.59. The van der Waals surface area contributed by atoms with Gasteiger partial charge in [-0.3, -0.25) is 4.99 Å². The highest BCUT2D eigenvalue weighted by Crippen LogP contribution is 2.33. The van der Waals surface area contributed by atoms with Crippen LogP contribution in [0.15, 0.2) is 58.4 Å². The van der Waals surface area contributed by atoms with Crippen LogP contribution in [0.1, 0.15) is 58.1 Å². The van der Waals surface area contributed by atoms with E-state index in [1.807, 2.05) is 51.1 Å². The number of aromatic hydroxyl groups is 1. The SMILES string of the molecule is CCCC(C)N=Cc1c(O)[nH]c2ccc(S(=O)(=O)N(CC(C)C)C[C@@H](O)[C@H](Cc3ccccc3)NC(=O)O[C@H]3CO[C@H]4OCC[C@H]43)cc12. The number of ether oxygens (including phenoxy) is 3. The molecule has 2 aliphatic heterocycles. The van der Waals surface area contributed by atoms with Gasteiger partial charge in [0, 0.05) is 36.2 Å². The number of hydrogen-bond donors (Lipinski definition) is 4. The van der Waals surface area contributed by atoms with Gasteiger partial charge in [0.1, 0.15) is 6.10 Å². The molecule has 2 aromatic carbocycles. The maximum Gasteiger partial charge on any atom is 0.407 e. The molecule has 6 atom stereocenters. The highest BCUT2D eigenvalue weighted by Gasteiger charge is 2.44. The molecule has 0 spiro atoms. The van der Waals surface area contributed by atoms with Crippen molar-refractivity contribution in [1.29, 1.82) is 0 Å².